The van der Waals surface area contributed by atoms with E-state index in [1.165, 1.54) is 9.80 Å². The van der Waals surface area contributed by atoms with Gasteiger partial charge >= 0.3 is 12.0 Å². The predicted octanol–water partition coefficient (Wildman–Crippen LogP) is 2.03. The number of fused-ring (bicyclic) bond motifs is 1. The van der Waals surface area contributed by atoms with Crippen LogP contribution >= 0.6 is 0 Å². The van der Waals surface area contributed by atoms with Gasteiger partial charge in [-0.2, -0.15) is 5.26 Å². The van der Waals surface area contributed by atoms with Crippen molar-refractivity contribution in [2.75, 3.05) is 18.5 Å². The molecular weight excluding hydrogens is 270 g/mol. The molecule has 1 aliphatic heterocycles. The largest absolute Gasteiger partial charge is 0.481 e. The maximum atomic E-state index is 12.5. The minimum atomic E-state index is -0.939. The lowest BCUT2D eigenvalue weighted by molar-refractivity contribution is -0.138. The Kier molecular flexibility index (Phi) is 4.13. The van der Waals surface area contributed by atoms with Crippen LogP contribution in [-0.2, 0) is 4.79 Å². The number of benzene rings is 1. The Hall–Kier alpha value is -2.55. The highest BCUT2D eigenvalue weighted by Crippen LogP contribution is 2.36. The van der Waals surface area contributed by atoms with E-state index < -0.39 is 11.9 Å². The van der Waals surface area contributed by atoms with E-state index >= 15 is 0 Å². The minimum Gasteiger partial charge on any atom is -0.481 e. The van der Waals surface area contributed by atoms with Gasteiger partial charge in [0.15, 0.2) is 0 Å². The van der Waals surface area contributed by atoms with Crippen molar-refractivity contribution in [3.63, 3.8) is 0 Å². The maximum absolute atomic E-state index is 12.5. The molecule has 6 heteroatoms. The standard InChI is InChI=1S/C15H17N3O3/c1-10(7-8-16)17(2)15(21)18-9-12(14(19)20)11-5-3-4-6-13(11)18/h3-6,10,12H,7,9H2,1-2H3,(H,19,20). The number of nitriles is 1. The van der Waals surface area contributed by atoms with Crippen LogP contribution in [0.1, 0.15) is 24.8 Å². The molecule has 0 aliphatic carbocycles. The Morgan fingerprint density at radius 1 is 1.52 bits per heavy atom. The van der Waals surface area contributed by atoms with Gasteiger partial charge in [-0.15, -0.1) is 0 Å². The number of carboxylic acids is 1. The topological polar surface area (TPSA) is 84.6 Å². The summed E-state index contributed by atoms with van der Waals surface area (Å²) in [6, 6.07) is 8.56. The average molecular weight is 287 g/mol. The number of para-hydroxylation sites is 1. The van der Waals surface area contributed by atoms with Gasteiger partial charge in [0.2, 0.25) is 0 Å². The number of urea groups is 1. The first-order chi connectivity index (χ1) is 9.97. The fraction of sp³-hybridized carbons (Fsp3) is 0.400. The Morgan fingerprint density at radius 2 is 2.19 bits per heavy atom. The zero-order chi connectivity index (χ0) is 15.6. The first-order valence-corrected chi connectivity index (χ1v) is 6.70. The van der Waals surface area contributed by atoms with Crippen LogP contribution in [0.25, 0.3) is 0 Å². The molecule has 2 amide bonds. The van der Waals surface area contributed by atoms with Crippen molar-refractivity contribution in [2.24, 2.45) is 0 Å². The van der Waals surface area contributed by atoms with Crippen molar-refractivity contribution >= 4 is 17.7 Å². The van der Waals surface area contributed by atoms with Gasteiger partial charge in [0, 0.05) is 25.3 Å². The quantitative estimate of drug-likeness (QED) is 0.921. The van der Waals surface area contributed by atoms with Crippen molar-refractivity contribution in [1.82, 2.24) is 4.90 Å². The van der Waals surface area contributed by atoms with Crippen LogP contribution in [0.3, 0.4) is 0 Å². The van der Waals surface area contributed by atoms with Crippen molar-refractivity contribution in [1.29, 1.82) is 5.26 Å². The van der Waals surface area contributed by atoms with E-state index in [0.717, 1.165) is 0 Å². The van der Waals surface area contributed by atoms with Gasteiger partial charge < -0.3 is 10.0 Å². The molecule has 1 aromatic carbocycles. The van der Waals surface area contributed by atoms with Crippen LogP contribution < -0.4 is 4.90 Å². The van der Waals surface area contributed by atoms with Crippen molar-refractivity contribution in [2.45, 2.75) is 25.3 Å². The highest BCUT2D eigenvalue weighted by molar-refractivity contribution is 5.98. The lowest BCUT2D eigenvalue weighted by atomic mass is 10.0. The zero-order valence-corrected chi connectivity index (χ0v) is 12.0. The molecule has 1 heterocycles. The van der Waals surface area contributed by atoms with Crippen LogP contribution in [0, 0.1) is 11.3 Å². The lowest BCUT2D eigenvalue weighted by Gasteiger charge is -2.28. The molecule has 0 bridgehead atoms. The number of aliphatic carboxylic acids is 1. The normalized spacial score (nSPS) is 17.8. The molecule has 1 N–H and O–H groups in total. The van der Waals surface area contributed by atoms with E-state index in [0.29, 0.717) is 11.3 Å². The zero-order valence-electron chi connectivity index (χ0n) is 12.0. The first kappa shape index (κ1) is 14.9. The average Bonchev–Trinajstić information content (AvgIpc) is 2.85. The van der Waals surface area contributed by atoms with Crippen molar-refractivity contribution in [3.8, 4) is 6.07 Å². The number of amides is 2. The van der Waals surface area contributed by atoms with Gasteiger partial charge in [-0.05, 0) is 18.6 Å². The van der Waals surface area contributed by atoms with E-state index in [1.54, 1.807) is 38.2 Å². The summed E-state index contributed by atoms with van der Waals surface area (Å²) in [5.74, 6) is -1.64. The number of carbonyl (C=O) groups is 2. The van der Waals surface area contributed by atoms with Gasteiger partial charge in [0.25, 0.3) is 0 Å². The molecule has 0 fully saturated rings. The summed E-state index contributed by atoms with van der Waals surface area (Å²) in [7, 11) is 1.63. The number of nitrogens with zero attached hydrogens (tertiary/aromatic N) is 3. The number of carbonyl (C=O) groups excluding carboxylic acids is 1. The van der Waals surface area contributed by atoms with Gasteiger partial charge in [-0.25, -0.2) is 4.79 Å². The first-order valence-electron chi connectivity index (χ1n) is 6.70. The highest BCUT2D eigenvalue weighted by atomic mass is 16.4. The van der Waals surface area contributed by atoms with Gasteiger partial charge in [0.05, 0.1) is 12.5 Å². The molecule has 0 spiro atoms. The second kappa shape index (κ2) is 5.83. The van der Waals surface area contributed by atoms with E-state index in [9.17, 15) is 14.7 Å². The van der Waals surface area contributed by atoms with Crippen LogP contribution in [0.5, 0.6) is 0 Å². The van der Waals surface area contributed by atoms with Gasteiger partial charge in [-0.1, -0.05) is 18.2 Å². The fourth-order valence-corrected chi connectivity index (χ4v) is 2.45. The summed E-state index contributed by atoms with van der Waals surface area (Å²) >= 11 is 0. The Balaban J connectivity index is 2.28. The van der Waals surface area contributed by atoms with Crippen molar-refractivity contribution in [3.05, 3.63) is 29.8 Å². The summed E-state index contributed by atoms with van der Waals surface area (Å²) in [6.07, 6.45) is 0.236. The molecule has 0 radical (unpaired) electrons. The molecule has 2 unspecified atom stereocenters. The Labute approximate surface area is 123 Å². The summed E-state index contributed by atoms with van der Waals surface area (Å²) in [6.45, 7) is 1.91. The van der Waals surface area contributed by atoms with E-state index in [1.807, 2.05) is 6.07 Å². The molecule has 0 saturated carbocycles. The van der Waals surface area contributed by atoms with E-state index in [4.69, 9.17) is 5.26 Å². The smallest absolute Gasteiger partial charge is 0.324 e. The second-order valence-electron chi connectivity index (χ2n) is 5.16. The van der Waals surface area contributed by atoms with Crippen molar-refractivity contribution < 1.29 is 14.7 Å². The third-order valence-corrected chi connectivity index (χ3v) is 3.85. The molecule has 21 heavy (non-hydrogen) atoms. The second-order valence-corrected chi connectivity index (χ2v) is 5.16. The SMILES string of the molecule is CC(CC#N)N(C)C(=O)N1CC(C(=O)O)c2ccccc21. The number of hydrogen-bond donors (Lipinski definition) is 1. The van der Waals surface area contributed by atoms with Gasteiger partial charge in [-0.3, -0.25) is 9.69 Å². The molecule has 110 valence electrons. The number of anilines is 1. The monoisotopic (exact) mass is 287 g/mol. The molecule has 0 saturated heterocycles. The molecule has 0 aromatic heterocycles. The summed E-state index contributed by atoms with van der Waals surface area (Å²) in [4.78, 5) is 26.8. The third kappa shape index (κ3) is 2.68. The summed E-state index contributed by atoms with van der Waals surface area (Å²) < 4.78 is 0. The molecule has 1 aromatic rings. The van der Waals surface area contributed by atoms with E-state index in [2.05, 4.69) is 0 Å². The molecule has 1 aliphatic rings. The van der Waals surface area contributed by atoms with Crippen LogP contribution in [0.4, 0.5) is 10.5 Å². The highest BCUT2D eigenvalue weighted by Gasteiger charge is 2.37. The molecule has 2 rings (SSSR count). The van der Waals surface area contributed by atoms with Crippen LogP contribution in [0.2, 0.25) is 0 Å². The number of rotatable bonds is 3. The summed E-state index contributed by atoms with van der Waals surface area (Å²) in [5.41, 5.74) is 1.28. The van der Waals surface area contributed by atoms with Gasteiger partial charge in [0.1, 0.15) is 5.92 Å². The molecular formula is C15H17N3O3. The number of hydrogen-bond acceptors (Lipinski definition) is 3. The summed E-state index contributed by atoms with van der Waals surface area (Å²) in [5, 5.41) is 18.0. The Bertz CT molecular complexity index is 608. The maximum Gasteiger partial charge on any atom is 0.324 e. The fourth-order valence-electron chi connectivity index (χ4n) is 2.45. The van der Waals surface area contributed by atoms with Crippen LogP contribution in [0.15, 0.2) is 24.3 Å². The van der Waals surface area contributed by atoms with Crippen LogP contribution in [-0.4, -0.2) is 41.6 Å². The molecule has 6 nitrogen and oxygen atoms in total. The number of carboxylic acid groups (broad SMARTS) is 1. The Morgan fingerprint density at radius 3 is 2.81 bits per heavy atom. The predicted molar refractivity (Wildman–Crippen MR) is 77.0 cm³/mol. The third-order valence-electron chi connectivity index (χ3n) is 3.85. The minimum absolute atomic E-state index is 0.122. The molecule has 2 atom stereocenters. The lowest BCUT2D eigenvalue weighted by Crippen LogP contribution is -2.45. The van der Waals surface area contributed by atoms with E-state index in [-0.39, 0.29) is 25.0 Å².